The summed E-state index contributed by atoms with van der Waals surface area (Å²) >= 11 is 5.98. The molecule has 0 unspecified atom stereocenters. The molecule has 1 heterocycles. The van der Waals surface area contributed by atoms with Gasteiger partial charge in [0.1, 0.15) is 0 Å². The minimum Gasteiger partial charge on any atom is -0.377 e. The standard InChI is InChI=1S/C19H20ClNO4S/c1-26(23,24)18-12-15(7-8-17(18)20)19(22)21-9-10-25-13-16(21)11-14-5-3-2-4-6-14/h2-8,12,16H,9-11,13H2,1H3/t16-/m0/s1. The van der Waals surface area contributed by atoms with E-state index in [0.717, 1.165) is 11.8 Å². The minimum atomic E-state index is -3.51. The highest BCUT2D eigenvalue weighted by atomic mass is 35.5. The van der Waals surface area contributed by atoms with Crippen LogP contribution >= 0.6 is 11.6 Å². The summed E-state index contributed by atoms with van der Waals surface area (Å²) in [5.41, 5.74) is 1.43. The van der Waals surface area contributed by atoms with Crippen molar-refractivity contribution in [3.63, 3.8) is 0 Å². The van der Waals surface area contributed by atoms with Crippen LogP contribution in [-0.4, -0.2) is 51.3 Å². The highest BCUT2D eigenvalue weighted by molar-refractivity contribution is 7.90. The van der Waals surface area contributed by atoms with Crippen LogP contribution in [0, 0.1) is 0 Å². The number of ether oxygens (including phenoxy) is 1. The lowest BCUT2D eigenvalue weighted by Gasteiger charge is -2.36. The summed E-state index contributed by atoms with van der Waals surface area (Å²) in [6.45, 7) is 1.38. The van der Waals surface area contributed by atoms with Gasteiger partial charge in [-0.25, -0.2) is 8.42 Å². The summed E-state index contributed by atoms with van der Waals surface area (Å²) in [5.74, 6) is -0.212. The fraction of sp³-hybridized carbons (Fsp3) is 0.316. The average Bonchev–Trinajstić information content (AvgIpc) is 2.62. The number of carbonyl (C=O) groups is 1. The summed E-state index contributed by atoms with van der Waals surface area (Å²) in [7, 11) is -3.51. The number of hydrogen-bond acceptors (Lipinski definition) is 4. The molecule has 0 saturated carbocycles. The van der Waals surface area contributed by atoms with Crippen LogP contribution in [0.2, 0.25) is 5.02 Å². The maximum absolute atomic E-state index is 13.0. The zero-order valence-electron chi connectivity index (χ0n) is 14.4. The third kappa shape index (κ3) is 4.26. The maximum Gasteiger partial charge on any atom is 0.254 e. The Morgan fingerprint density at radius 1 is 1.23 bits per heavy atom. The number of morpholine rings is 1. The molecule has 0 radical (unpaired) electrons. The van der Waals surface area contributed by atoms with Crippen molar-refractivity contribution >= 4 is 27.3 Å². The van der Waals surface area contributed by atoms with Crippen LogP contribution in [0.25, 0.3) is 0 Å². The van der Waals surface area contributed by atoms with Gasteiger partial charge in [-0.05, 0) is 30.2 Å². The van der Waals surface area contributed by atoms with Crippen molar-refractivity contribution in [3.8, 4) is 0 Å². The number of nitrogens with zero attached hydrogens (tertiary/aromatic N) is 1. The van der Waals surface area contributed by atoms with Crippen LogP contribution in [0.4, 0.5) is 0 Å². The molecule has 2 aromatic rings. The van der Waals surface area contributed by atoms with Gasteiger partial charge in [-0.1, -0.05) is 41.9 Å². The molecule has 1 fully saturated rings. The number of carbonyl (C=O) groups excluding carboxylic acids is 1. The normalized spacial score (nSPS) is 17.9. The van der Waals surface area contributed by atoms with E-state index >= 15 is 0 Å². The first-order valence-electron chi connectivity index (χ1n) is 8.28. The molecule has 1 saturated heterocycles. The van der Waals surface area contributed by atoms with Crippen molar-refractivity contribution in [2.75, 3.05) is 26.0 Å². The van der Waals surface area contributed by atoms with Gasteiger partial charge in [0.2, 0.25) is 0 Å². The SMILES string of the molecule is CS(=O)(=O)c1cc(C(=O)N2CCOC[C@@H]2Cc2ccccc2)ccc1Cl. The van der Waals surface area contributed by atoms with Crippen molar-refractivity contribution in [1.29, 1.82) is 0 Å². The summed E-state index contributed by atoms with van der Waals surface area (Å²) in [5, 5.41) is 0.117. The highest BCUT2D eigenvalue weighted by Gasteiger charge is 2.29. The Bertz CT molecular complexity index is 899. The van der Waals surface area contributed by atoms with Crippen LogP contribution in [0.15, 0.2) is 53.4 Å². The molecular weight excluding hydrogens is 374 g/mol. The monoisotopic (exact) mass is 393 g/mol. The van der Waals surface area contributed by atoms with Gasteiger partial charge in [0, 0.05) is 18.4 Å². The molecule has 0 spiro atoms. The summed E-state index contributed by atoms with van der Waals surface area (Å²) in [6, 6.07) is 14.2. The Morgan fingerprint density at radius 3 is 2.65 bits per heavy atom. The van der Waals surface area contributed by atoms with Gasteiger partial charge < -0.3 is 9.64 Å². The Balaban J connectivity index is 1.87. The van der Waals surface area contributed by atoms with Gasteiger partial charge in [-0.2, -0.15) is 0 Å². The second-order valence-corrected chi connectivity index (χ2v) is 8.73. The third-order valence-electron chi connectivity index (χ3n) is 4.38. The topological polar surface area (TPSA) is 63.7 Å². The number of hydrogen-bond donors (Lipinski definition) is 0. The molecule has 1 amide bonds. The zero-order valence-corrected chi connectivity index (χ0v) is 16.0. The van der Waals surface area contributed by atoms with Crippen molar-refractivity contribution in [2.24, 2.45) is 0 Å². The average molecular weight is 394 g/mol. The molecule has 7 heteroatoms. The van der Waals surface area contributed by atoms with Crippen molar-refractivity contribution in [2.45, 2.75) is 17.4 Å². The predicted molar refractivity (Wildman–Crippen MR) is 100 cm³/mol. The van der Waals surface area contributed by atoms with Crippen molar-refractivity contribution in [3.05, 3.63) is 64.7 Å². The zero-order chi connectivity index (χ0) is 18.7. The number of benzene rings is 2. The lowest BCUT2D eigenvalue weighted by molar-refractivity contribution is -0.00165. The number of amides is 1. The van der Waals surface area contributed by atoms with Gasteiger partial charge >= 0.3 is 0 Å². The first kappa shape index (κ1) is 18.9. The molecule has 0 N–H and O–H groups in total. The molecule has 5 nitrogen and oxygen atoms in total. The Kier molecular flexibility index (Phi) is 5.65. The van der Waals surface area contributed by atoms with Crippen LogP contribution in [0.5, 0.6) is 0 Å². The summed E-state index contributed by atoms with van der Waals surface area (Å²) in [4.78, 5) is 14.7. The van der Waals surface area contributed by atoms with E-state index < -0.39 is 9.84 Å². The van der Waals surface area contributed by atoms with Gasteiger partial charge in [0.15, 0.2) is 9.84 Å². The second-order valence-electron chi connectivity index (χ2n) is 6.33. The van der Waals surface area contributed by atoms with Crippen LogP contribution in [-0.2, 0) is 21.0 Å². The van der Waals surface area contributed by atoms with E-state index in [1.54, 1.807) is 11.0 Å². The first-order chi connectivity index (χ1) is 12.4. The van der Waals surface area contributed by atoms with E-state index in [4.69, 9.17) is 16.3 Å². The van der Waals surface area contributed by atoms with Crippen LogP contribution in [0.1, 0.15) is 15.9 Å². The molecule has 0 aliphatic carbocycles. The van der Waals surface area contributed by atoms with E-state index in [0.29, 0.717) is 31.7 Å². The smallest absolute Gasteiger partial charge is 0.254 e. The molecule has 0 bridgehead atoms. The van der Waals surface area contributed by atoms with Gasteiger partial charge in [0.05, 0.1) is 29.2 Å². The van der Waals surface area contributed by atoms with E-state index in [2.05, 4.69) is 0 Å². The highest BCUT2D eigenvalue weighted by Crippen LogP contribution is 2.24. The molecule has 2 aromatic carbocycles. The molecule has 1 atom stereocenters. The maximum atomic E-state index is 13.0. The fourth-order valence-electron chi connectivity index (χ4n) is 3.06. The number of halogens is 1. The first-order valence-corrected chi connectivity index (χ1v) is 10.6. The van der Waals surface area contributed by atoms with Gasteiger partial charge in [-0.3, -0.25) is 4.79 Å². The third-order valence-corrected chi connectivity index (χ3v) is 5.96. The van der Waals surface area contributed by atoms with E-state index in [1.807, 2.05) is 30.3 Å². The number of sulfone groups is 1. The molecule has 138 valence electrons. The Labute approximate surface area is 158 Å². The minimum absolute atomic E-state index is 0.0297. The van der Waals surface area contributed by atoms with Crippen molar-refractivity contribution in [1.82, 2.24) is 4.90 Å². The Morgan fingerprint density at radius 2 is 1.96 bits per heavy atom. The molecule has 3 rings (SSSR count). The quantitative estimate of drug-likeness (QED) is 0.801. The van der Waals surface area contributed by atoms with E-state index in [9.17, 15) is 13.2 Å². The van der Waals surface area contributed by atoms with Gasteiger partial charge in [-0.15, -0.1) is 0 Å². The van der Waals surface area contributed by atoms with Gasteiger partial charge in [0.25, 0.3) is 5.91 Å². The molecule has 1 aliphatic heterocycles. The molecule has 0 aromatic heterocycles. The summed E-state index contributed by atoms with van der Waals surface area (Å²) < 4.78 is 29.3. The lowest BCUT2D eigenvalue weighted by Crippen LogP contribution is -2.49. The fourth-order valence-corrected chi connectivity index (χ4v) is 4.37. The van der Waals surface area contributed by atoms with Crippen LogP contribution < -0.4 is 0 Å². The van der Waals surface area contributed by atoms with Crippen LogP contribution in [0.3, 0.4) is 0 Å². The number of rotatable bonds is 4. The largest absolute Gasteiger partial charge is 0.377 e. The molecular formula is C19H20ClNO4S. The summed E-state index contributed by atoms with van der Waals surface area (Å²) in [6.07, 6.45) is 1.76. The lowest BCUT2D eigenvalue weighted by atomic mass is 10.0. The van der Waals surface area contributed by atoms with Crippen molar-refractivity contribution < 1.29 is 17.9 Å². The Hall–Kier alpha value is -1.89. The second kappa shape index (κ2) is 7.78. The predicted octanol–water partition coefficient (Wildman–Crippen LogP) is 2.83. The van der Waals surface area contributed by atoms with E-state index in [1.165, 1.54) is 12.1 Å². The molecule has 26 heavy (non-hydrogen) atoms. The van der Waals surface area contributed by atoms with E-state index in [-0.39, 0.29) is 21.9 Å². The molecule has 1 aliphatic rings.